The van der Waals surface area contributed by atoms with E-state index in [0.717, 1.165) is 30.8 Å². The van der Waals surface area contributed by atoms with Crippen LogP contribution in [0.2, 0.25) is 0 Å². The number of nitrogens with zero attached hydrogens (tertiary/aromatic N) is 3. The summed E-state index contributed by atoms with van der Waals surface area (Å²) >= 11 is 1.74. The number of hydrogen-bond acceptors (Lipinski definition) is 5. The molecule has 28 heavy (non-hydrogen) atoms. The minimum Gasteiger partial charge on any atom is -0.497 e. The van der Waals surface area contributed by atoms with E-state index in [1.54, 1.807) is 18.4 Å². The maximum atomic E-state index is 5.45. The second-order valence-corrected chi connectivity index (χ2v) is 8.80. The molecule has 5 heteroatoms. The molecule has 0 atom stereocenters. The molecule has 0 bridgehead atoms. The first-order valence-electron chi connectivity index (χ1n) is 10.3. The third-order valence-corrected chi connectivity index (χ3v) is 7.13. The van der Waals surface area contributed by atoms with E-state index < -0.39 is 0 Å². The van der Waals surface area contributed by atoms with Crippen LogP contribution >= 0.6 is 11.3 Å². The van der Waals surface area contributed by atoms with Crippen molar-refractivity contribution in [1.82, 2.24) is 9.88 Å². The Bertz CT molecular complexity index is 961. The fourth-order valence-electron chi connectivity index (χ4n) is 4.69. The second-order valence-electron chi connectivity index (χ2n) is 7.92. The zero-order valence-corrected chi connectivity index (χ0v) is 17.3. The van der Waals surface area contributed by atoms with Gasteiger partial charge in [-0.05, 0) is 55.0 Å². The third-order valence-electron chi connectivity index (χ3n) is 6.33. The molecule has 146 valence electrons. The summed E-state index contributed by atoms with van der Waals surface area (Å²) in [5.74, 6) is 0.973. The lowest BCUT2D eigenvalue weighted by molar-refractivity contribution is 0.212. The van der Waals surface area contributed by atoms with E-state index in [4.69, 9.17) is 4.74 Å². The quantitative estimate of drug-likeness (QED) is 0.643. The van der Waals surface area contributed by atoms with Crippen LogP contribution in [0.5, 0.6) is 5.75 Å². The molecule has 1 aromatic heterocycles. The van der Waals surface area contributed by atoms with Crippen molar-refractivity contribution in [3.63, 3.8) is 0 Å². The summed E-state index contributed by atoms with van der Waals surface area (Å²) in [7, 11) is 1.76. The van der Waals surface area contributed by atoms with Crippen LogP contribution in [0.25, 0.3) is 10.2 Å². The van der Waals surface area contributed by atoms with Crippen molar-refractivity contribution in [1.29, 1.82) is 0 Å². The predicted octanol–water partition coefficient (Wildman–Crippen LogP) is 4.37. The largest absolute Gasteiger partial charge is 0.497 e. The van der Waals surface area contributed by atoms with Gasteiger partial charge in [-0.1, -0.05) is 12.1 Å². The van der Waals surface area contributed by atoms with Crippen molar-refractivity contribution in [2.45, 2.75) is 31.7 Å². The Morgan fingerprint density at radius 2 is 2.00 bits per heavy atom. The lowest BCUT2D eigenvalue weighted by Crippen LogP contribution is -2.45. The van der Waals surface area contributed by atoms with Crippen molar-refractivity contribution in [2.75, 3.05) is 38.2 Å². The fraction of sp³-hybridized carbons (Fsp3) is 0.435. The predicted molar refractivity (Wildman–Crippen MR) is 117 cm³/mol. The Balaban J connectivity index is 1.17. The topological polar surface area (TPSA) is 28.6 Å². The molecule has 3 heterocycles. The highest BCUT2D eigenvalue weighted by molar-refractivity contribution is 7.16. The zero-order valence-electron chi connectivity index (χ0n) is 16.4. The van der Waals surface area contributed by atoms with Gasteiger partial charge in [0.15, 0.2) is 0 Å². The van der Waals surface area contributed by atoms with Gasteiger partial charge in [-0.2, -0.15) is 0 Å². The van der Waals surface area contributed by atoms with Gasteiger partial charge in [0, 0.05) is 44.0 Å². The minimum atomic E-state index is 0.665. The lowest BCUT2D eigenvalue weighted by Gasteiger charge is -2.38. The van der Waals surface area contributed by atoms with Gasteiger partial charge in [0.1, 0.15) is 5.75 Å². The Kier molecular flexibility index (Phi) is 4.95. The summed E-state index contributed by atoms with van der Waals surface area (Å²) in [6.07, 6.45) is 4.80. The van der Waals surface area contributed by atoms with Gasteiger partial charge in [-0.3, -0.25) is 0 Å². The van der Waals surface area contributed by atoms with Gasteiger partial charge >= 0.3 is 0 Å². The number of methoxy groups -OCH3 is 1. The molecule has 0 aliphatic carbocycles. The average Bonchev–Trinajstić information content (AvgIpc) is 3.38. The Morgan fingerprint density at radius 1 is 1.11 bits per heavy atom. The van der Waals surface area contributed by atoms with Gasteiger partial charge in [0.05, 0.1) is 22.8 Å². The van der Waals surface area contributed by atoms with Crippen molar-refractivity contribution >= 4 is 27.2 Å². The average molecular weight is 394 g/mol. The number of rotatable bonds is 5. The highest BCUT2D eigenvalue weighted by atomic mass is 32.1. The van der Waals surface area contributed by atoms with Gasteiger partial charge < -0.3 is 14.5 Å². The molecule has 0 radical (unpaired) electrons. The number of fused-ring (bicyclic) bond motifs is 2. The van der Waals surface area contributed by atoms with Crippen LogP contribution in [0.4, 0.5) is 5.69 Å². The van der Waals surface area contributed by atoms with E-state index in [0.29, 0.717) is 6.04 Å². The fourth-order valence-corrected chi connectivity index (χ4v) is 5.43. The van der Waals surface area contributed by atoms with Gasteiger partial charge in [0.25, 0.3) is 0 Å². The van der Waals surface area contributed by atoms with Crippen LogP contribution in [0, 0.1) is 0 Å². The summed E-state index contributed by atoms with van der Waals surface area (Å²) in [6.45, 7) is 4.70. The molecule has 1 saturated heterocycles. The standard InChI is InChI=1S/C23H27N3OS/c1-27-20-4-3-18-7-13-26(22(18)15-20)19-8-11-25(12-9-19)10-6-17-2-5-21-23(14-17)28-16-24-21/h2-5,14-16,19H,6-13H2,1H3. The molecule has 5 rings (SSSR count). The van der Waals surface area contributed by atoms with Crippen LogP contribution < -0.4 is 9.64 Å². The molecule has 4 nitrogen and oxygen atoms in total. The molecule has 1 fully saturated rings. The van der Waals surface area contributed by atoms with Crippen LogP contribution in [-0.4, -0.2) is 49.2 Å². The second kappa shape index (κ2) is 7.72. The maximum Gasteiger partial charge on any atom is 0.120 e. The molecular weight excluding hydrogens is 366 g/mol. The molecule has 0 spiro atoms. The van der Waals surface area contributed by atoms with Crippen molar-refractivity contribution in [2.24, 2.45) is 0 Å². The number of ether oxygens (including phenoxy) is 1. The molecule has 0 amide bonds. The van der Waals surface area contributed by atoms with Gasteiger partial charge in [-0.15, -0.1) is 11.3 Å². The van der Waals surface area contributed by atoms with Crippen molar-refractivity contribution < 1.29 is 4.74 Å². The van der Waals surface area contributed by atoms with E-state index in [9.17, 15) is 0 Å². The summed E-state index contributed by atoms with van der Waals surface area (Å²) in [6, 6.07) is 13.9. The number of thiazole rings is 1. The van der Waals surface area contributed by atoms with Gasteiger partial charge in [-0.25, -0.2) is 4.98 Å². The number of piperidine rings is 1. The highest BCUT2D eigenvalue weighted by Crippen LogP contribution is 2.35. The molecule has 0 unspecified atom stereocenters. The number of anilines is 1. The lowest BCUT2D eigenvalue weighted by atomic mass is 10.0. The van der Waals surface area contributed by atoms with E-state index in [2.05, 4.69) is 51.2 Å². The van der Waals surface area contributed by atoms with Gasteiger partial charge in [0.2, 0.25) is 0 Å². The summed E-state index contributed by atoms with van der Waals surface area (Å²) in [5, 5.41) is 0. The molecule has 2 aliphatic rings. The molecule has 0 saturated carbocycles. The molecule has 3 aromatic rings. The zero-order chi connectivity index (χ0) is 18.9. The number of benzene rings is 2. The number of hydrogen-bond donors (Lipinski definition) is 0. The van der Waals surface area contributed by atoms with E-state index >= 15 is 0 Å². The third kappa shape index (κ3) is 3.49. The normalized spacial score (nSPS) is 18.0. The van der Waals surface area contributed by atoms with Crippen LogP contribution in [-0.2, 0) is 12.8 Å². The SMILES string of the molecule is COc1ccc2c(c1)N(C1CCN(CCc3ccc4ncsc4c3)CC1)CC2. The summed E-state index contributed by atoms with van der Waals surface area (Å²) in [5.41, 5.74) is 7.36. The van der Waals surface area contributed by atoms with Crippen molar-refractivity contribution in [3.05, 3.63) is 53.0 Å². The van der Waals surface area contributed by atoms with Crippen LogP contribution in [0.1, 0.15) is 24.0 Å². The smallest absolute Gasteiger partial charge is 0.120 e. The van der Waals surface area contributed by atoms with E-state index in [-0.39, 0.29) is 0 Å². The van der Waals surface area contributed by atoms with Crippen molar-refractivity contribution in [3.8, 4) is 5.75 Å². The number of aromatic nitrogens is 1. The molecular formula is C23H27N3OS. The summed E-state index contributed by atoms with van der Waals surface area (Å²) in [4.78, 5) is 9.65. The van der Waals surface area contributed by atoms with E-state index in [1.807, 2.05) is 5.51 Å². The number of likely N-dealkylation sites (tertiary alicyclic amines) is 1. The molecule has 2 aliphatic heterocycles. The van der Waals surface area contributed by atoms with E-state index in [1.165, 1.54) is 53.9 Å². The van der Waals surface area contributed by atoms with Crippen LogP contribution in [0.3, 0.4) is 0 Å². The Morgan fingerprint density at radius 3 is 2.86 bits per heavy atom. The molecule has 2 aromatic carbocycles. The molecule has 0 N–H and O–H groups in total. The first-order chi connectivity index (χ1) is 13.8. The minimum absolute atomic E-state index is 0.665. The first-order valence-corrected chi connectivity index (χ1v) is 11.2. The first kappa shape index (κ1) is 18.0. The van der Waals surface area contributed by atoms with Crippen LogP contribution in [0.15, 0.2) is 41.9 Å². The summed E-state index contributed by atoms with van der Waals surface area (Å²) < 4.78 is 6.75. The Labute approximate surface area is 170 Å². The highest BCUT2D eigenvalue weighted by Gasteiger charge is 2.29. The maximum absolute atomic E-state index is 5.45. The Hall–Kier alpha value is -2.11. The monoisotopic (exact) mass is 393 g/mol.